The molecule has 0 fully saturated rings. The van der Waals surface area contributed by atoms with Crippen LogP contribution >= 0.6 is 0 Å². The summed E-state index contributed by atoms with van der Waals surface area (Å²) in [6.45, 7) is 6.44. The van der Waals surface area contributed by atoms with Gasteiger partial charge in [0.1, 0.15) is 17.8 Å². The monoisotopic (exact) mass is 325 g/mol. The molecule has 0 aliphatic rings. The maximum Gasteiger partial charge on any atom is 0.407 e. The molecule has 0 aliphatic carbocycles. The van der Waals surface area contributed by atoms with Crippen LogP contribution in [0.25, 0.3) is 0 Å². The standard InChI is InChI=1S/C16H23NO6/c1-9-10(6-5-7-11(9)14(20)21)13(19)12(18)8-17-15(22)23-16(2,3)4/h5-7,12-13,18-19H,8H2,1-4H3,(H,17,22)(H,20,21). The SMILES string of the molecule is Cc1c(C(=O)O)cccc1C(O)C(O)CNC(=O)OC(C)(C)C. The molecule has 1 amide bonds. The molecule has 23 heavy (non-hydrogen) atoms. The first kappa shape index (κ1) is 18.9. The second kappa shape index (κ2) is 7.43. The molecule has 0 bridgehead atoms. The van der Waals surface area contributed by atoms with E-state index >= 15 is 0 Å². The lowest BCUT2D eigenvalue weighted by molar-refractivity contribution is 0.0126. The van der Waals surface area contributed by atoms with Crippen LogP contribution < -0.4 is 5.32 Å². The van der Waals surface area contributed by atoms with Crippen molar-refractivity contribution in [1.29, 1.82) is 0 Å². The molecule has 0 saturated heterocycles. The molecule has 0 spiro atoms. The number of carboxylic acid groups (broad SMARTS) is 1. The predicted octanol–water partition coefficient (Wildman–Crippen LogP) is 1.61. The Morgan fingerprint density at radius 1 is 1.26 bits per heavy atom. The normalized spacial score (nSPS) is 14.0. The lowest BCUT2D eigenvalue weighted by Crippen LogP contribution is -2.39. The quantitative estimate of drug-likeness (QED) is 0.653. The number of nitrogens with one attached hydrogen (secondary N) is 1. The Kier molecular flexibility index (Phi) is 6.12. The fourth-order valence-corrected chi connectivity index (χ4v) is 2.03. The zero-order valence-electron chi connectivity index (χ0n) is 13.7. The van der Waals surface area contributed by atoms with Gasteiger partial charge >= 0.3 is 12.1 Å². The predicted molar refractivity (Wildman–Crippen MR) is 83.3 cm³/mol. The van der Waals surface area contributed by atoms with E-state index in [-0.39, 0.29) is 12.1 Å². The van der Waals surface area contributed by atoms with E-state index in [1.165, 1.54) is 18.2 Å². The molecule has 0 radical (unpaired) electrons. The van der Waals surface area contributed by atoms with E-state index in [0.29, 0.717) is 11.1 Å². The summed E-state index contributed by atoms with van der Waals surface area (Å²) in [5, 5.41) is 31.6. The number of hydrogen-bond donors (Lipinski definition) is 4. The summed E-state index contributed by atoms with van der Waals surface area (Å²) in [5.74, 6) is -1.11. The molecule has 1 aromatic carbocycles. The van der Waals surface area contributed by atoms with Crippen LogP contribution in [0, 0.1) is 6.92 Å². The Morgan fingerprint density at radius 3 is 2.39 bits per heavy atom. The lowest BCUT2D eigenvalue weighted by Gasteiger charge is -2.23. The smallest absolute Gasteiger partial charge is 0.407 e. The largest absolute Gasteiger partial charge is 0.478 e. The van der Waals surface area contributed by atoms with Gasteiger partial charge in [-0.3, -0.25) is 0 Å². The average Bonchev–Trinajstić information content (AvgIpc) is 2.42. The van der Waals surface area contributed by atoms with Gasteiger partial charge in [0.15, 0.2) is 0 Å². The number of aliphatic hydroxyl groups excluding tert-OH is 2. The summed E-state index contributed by atoms with van der Waals surface area (Å²) in [5.41, 5.74) is 0.0427. The van der Waals surface area contributed by atoms with E-state index in [4.69, 9.17) is 9.84 Å². The van der Waals surface area contributed by atoms with E-state index in [0.717, 1.165) is 0 Å². The van der Waals surface area contributed by atoms with E-state index in [1.807, 2.05) is 0 Å². The number of rotatable bonds is 5. The van der Waals surface area contributed by atoms with Gasteiger partial charge in [0.25, 0.3) is 0 Å². The highest BCUT2D eigenvalue weighted by Gasteiger charge is 2.24. The summed E-state index contributed by atoms with van der Waals surface area (Å²) < 4.78 is 5.03. The van der Waals surface area contributed by atoms with Gasteiger partial charge in [0.05, 0.1) is 5.56 Å². The number of alkyl carbamates (subject to hydrolysis) is 1. The molecular formula is C16H23NO6. The minimum Gasteiger partial charge on any atom is -0.478 e. The first-order chi connectivity index (χ1) is 10.5. The molecule has 1 aromatic rings. The van der Waals surface area contributed by atoms with Crippen LogP contribution in [0.5, 0.6) is 0 Å². The minimum atomic E-state index is -1.33. The fraction of sp³-hybridized carbons (Fsp3) is 0.500. The molecule has 0 aliphatic heterocycles. The number of hydrogen-bond acceptors (Lipinski definition) is 5. The first-order valence-electron chi connectivity index (χ1n) is 7.18. The highest BCUT2D eigenvalue weighted by atomic mass is 16.6. The van der Waals surface area contributed by atoms with Gasteiger partial charge in [-0.25, -0.2) is 9.59 Å². The Balaban J connectivity index is 2.74. The summed E-state index contributed by atoms with van der Waals surface area (Å²) in [6.07, 6.45) is -3.34. The number of carbonyl (C=O) groups excluding carboxylic acids is 1. The van der Waals surface area contributed by atoms with Crippen LogP contribution in [-0.4, -0.2) is 45.6 Å². The molecule has 0 saturated carbocycles. The zero-order valence-corrected chi connectivity index (χ0v) is 13.7. The Labute approximate surface area is 134 Å². The molecule has 7 nitrogen and oxygen atoms in total. The van der Waals surface area contributed by atoms with Crippen LogP contribution in [-0.2, 0) is 4.74 Å². The van der Waals surface area contributed by atoms with Crippen molar-refractivity contribution in [2.24, 2.45) is 0 Å². The van der Waals surface area contributed by atoms with E-state index in [1.54, 1.807) is 27.7 Å². The van der Waals surface area contributed by atoms with Crippen LogP contribution in [0.1, 0.15) is 48.4 Å². The van der Waals surface area contributed by atoms with Gasteiger partial charge in [-0.05, 0) is 44.9 Å². The van der Waals surface area contributed by atoms with E-state index in [9.17, 15) is 19.8 Å². The van der Waals surface area contributed by atoms with Crippen molar-refractivity contribution in [3.8, 4) is 0 Å². The Hall–Kier alpha value is -2.12. The van der Waals surface area contributed by atoms with Gasteiger partial charge < -0.3 is 25.4 Å². The Bertz CT molecular complexity index is 578. The number of aromatic carboxylic acids is 1. The molecule has 7 heteroatoms. The van der Waals surface area contributed by atoms with Crippen LogP contribution in [0.4, 0.5) is 4.79 Å². The summed E-state index contributed by atoms with van der Waals surface area (Å²) in [6, 6.07) is 4.44. The number of benzene rings is 1. The second-order valence-electron chi connectivity index (χ2n) is 6.22. The van der Waals surface area contributed by atoms with E-state index in [2.05, 4.69) is 5.32 Å². The van der Waals surface area contributed by atoms with Crippen LogP contribution in [0.15, 0.2) is 18.2 Å². The second-order valence-corrected chi connectivity index (χ2v) is 6.22. The molecule has 0 aromatic heterocycles. The third-order valence-corrected chi connectivity index (χ3v) is 3.14. The van der Waals surface area contributed by atoms with Crippen LogP contribution in [0.2, 0.25) is 0 Å². The fourth-order valence-electron chi connectivity index (χ4n) is 2.03. The summed E-state index contributed by atoms with van der Waals surface area (Å²) >= 11 is 0. The number of carbonyl (C=O) groups is 2. The molecule has 4 N–H and O–H groups in total. The van der Waals surface area contributed by atoms with Crippen molar-refractivity contribution < 1.29 is 29.6 Å². The number of ether oxygens (including phenoxy) is 1. The number of aliphatic hydroxyl groups is 2. The van der Waals surface area contributed by atoms with Gasteiger partial charge in [-0.2, -0.15) is 0 Å². The molecule has 1 rings (SSSR count). The third kappa shape index (κ3) is 5.54. The maximum atomic E-state index is 11.5. The molecule has 2 atom stereocenters. The topological polar surface area (TPSA) is 116 Å². The van der Waals surface area contributed by atoms with Crippen LogP contribution in [0.3, 0.4) is 0 Å². The van der Waals surface area contributed by atoms with Gasteiger partial charge in [-0.15, -0.1) is 0 Å². The third-order valence-electron chi connectivity index (χ3n) is 3.14. The van der Waals surface area contributed by atoms with Crippen molar-refractivity contribution in [2.45, 2.75) is 45.5 Å². The van der Waals surface area contributed by atoms with Gasteiger partial charge in [-0.1, -0.05) is 12.1 Å². The molecular weight excluding hydrogens is 302 g/mol. The summed E-state index contributed by atoms with van der Waals surface area (Å²) in [7, 11) is 0. The highest BCUT2D eigenvalue weighted by molar-refractivity contribution is 5.89. The summed E-state index contributed by atoms with van der Waals surface area (Å²) in [4.78, 5) is 22.6. The molecule has 128 valence electrons. The molecule has 0 heterocycles. The lowest BCUT2D eigenvalue weighted by atomic mass is 9.95. The molecule has 2 unspecified atom stereocenters. The number of carboxylic acids is 1. The van der Waals surface area contributed by atoms with Crippen molar-refractivity contribution >= 4 is 12.1 Å². The van der Waals surface area contributed by atoms with Crippen molar-refractivity contribution in [3.05, 3.63) is 34.9 Å². The van der Waals surface area contributed by atoms with Gasteiger partial charge in [0.2, 0.25) is 0 Å². The van der Waals surface area contributed by atoms with Crippen molar-refractivity contribution in [2.75, 3.05) is 6.54 Å². The minimum absolute atomic E-state index is 0.0499. The Morgan fingerprint density at radius 2 is 1.87 bits per heavy atom. The number of amides is 1. The maximum absolute atomic E-state index is 11.5. The zero-order chi connectivity index (χ0) is 17.8. The van der Waals surface area contributed by atoms with Gasteiger partial charge in [0, 0.05) is 6.54 Å². The average molecular weight is 325 g/mol. The van der Waals surface area contributed by atoms with E-state index < -0.39 is 29.9 Å². The van der Waals surface area contributed by atoms with Crippen molar-refractivity contribution in [1.82, 2.24) is 5.32 Å². The van der Waals surface area contributed by atoms with Crippen molar-refractivity contribution in [3.63, 3.8) is 0 Å². The highest BCUT2D eigenvalue weighted by Crippen LogP contribution is 2.23. The first-order valence-corrected chi connectivity index (χ1v) is 7.18.